The molecule has 0 bridgehead atoms. The first-order chi connectivity index (χ1) is 10.9. The van der Waals surface area contributed by atoms with Crippen LogP contribution in [0.15, 0.2) is 48.5 Å². The fraction of sp³-hybridized carbons (Fsp3) is 0.111. The number of para-hydroxylation sites is 2. The van der Waals surface area contributed by atoms with Gasteiger partial charge in [0, 0.05) is 22.9 Å². The van der Waals surface area contributed by atoms with Crippen molar-refractivity contribution < 1.29 is 4.74 Å². The fourth-order valence-corrected chi connectivity index (χ4v) is 3.18. The fourth-order valence-electron chi connectivity index (χ4n) is 3.18. The van der Waals surface area contributed by atoms with E-state index in [4.69, 9.17) is 14.7 Å². The third kappa shape index (κ3) is 1.55. The van der Waals surface area contributed by atoms with Crippen LogP contribution in [0.25, 0.3) is 32.8 Å². The lowest BCUT2D eigenvalue weighted by molar-refractivity contribution is 0.261. The molecule has 1 aliphatic heterocycles. The van der Waals surface area contributed by atoms with Gasteiger partial charge in [-0.15, -0.1) is 0 Å². The van der Waals surface area contributed by atoms with Crippen LogP contribution in [0.3, 0.4) is 0 Å². The Bertz CT molecular complexity index is 1040. The molecule has 0 radical (unpaired) electrons. The third-order valence-corrected chi connectivity index (χ3v) is 4.18. The highest BCUT2D eigenvalue weighted by Gasteiger charge is 2.20. The number of ether oxygens (including phenoxy) is 1. The highest BCUT2D eigenvalue weighted by Crippen LogP contribution is 2.38. The molecular formula is C18H13N3O. The SMILES string of the molecule is c1ccc2nc3c(nc2c1)c1c(c2ccccc23)OCNC1. The van der Waals surface area contributed by atoms with Gasteiger partial charge in [-0.25, -0.2) is 9.97 Å². The number of hydrogen-bond acceptors (Lipinski definition) is 4. The van der Waals surface area contributed by atoms with E-state index in [2.05, 4.69) is 17.4 Å². The molecule has 4 aromatic rings. The summed E-state index contributed by atoms with van der Waals surface area (Å²) in [4.78, 5) is 9.73. The van der Waals surface area contributed by atoms with Crippen LogP contribution in [-0.2, 0) is 6.54 Å². The highest BCUT2D eigenvalue weighted by atomic mass is 16.5. The minimum atomic E-state index is 0.531. The summed E-state index contributed by atoms with van der Waals surface area (Å²) in [6, 6.07) is 16.2. The van der Waals surface area contributed by atoms with Crippen molar-refractivity contribution in [3.63, 3.8) is 0 Å². The standard InChI is InChI=1S/C18H13N3O/c1-2-6-12-11(5-1)16-17(13-9-19-10-22-18(12)13)21-15-8-4-3-7-14(15)20-16/h1-8,19H,9-10H2. The maximum absolute atomic E-state index is 5.88. The first-order valence-electron chi connectivity index (χ1n) is 7.35. The van der Waals surface area contributed by atoms with E-state index < -0.39 is 0 Å². The van der Waals surface area contributed by atoms with Gasteiger partial charge in [0.1, 0.15) is 12.5 Å². The Morgan fingerprint density at radius 1 is 0.818 bits per heavy atom. The second kappa shape index (κ2) is 4.39. The molecule has 0 aliphatic carbocycles. The summed E-state index contributed by atoms with van der Waals surface area (Å²) in [5.41, 5.74) is 4.81. The quantitative estimate of drug-likeness (QED) is 0.398. The lowest BCUT2D eigenvalue weighted by atomic mass is 10.0. The maximum atomic E-state index is 5.88. The number of rotatable bonds is 0. The number of nitrogens with one attached hydrogen (secondary N) is 1. The molecular weight excluding hydrogens is 274 g/mol. The zero-order valence-corrected chi connectivity index (χ0v) is 11.8. The van der Waals surface area contributed by atoms with Crippen LogP contribution in [0.4, 0.5) is 0 Å². The summed E-state index contributed by atoms with van der Waals surface area (Å²) >= 11 is 0. The molecule has 0 atom stereocenters. The predicted molar refractivity (Wildman–Crippen MR) is 86.9 cm³/mol. The normalized spacial score (nSPS) is 14.2. The largest absolute Gasteiger partial charge is 0.477 e. The van der Waals surface area contributed by atoms with E-state index in [0.29, 0.717) is 6.73 Å². The molecule has 4 heteroatoms. The Balaban J connectivity index is 2.06. The van der Waals surface area contributed by atoms with E-state index in [0.717, 1.165) is 50.7 Å². The van der Waals surface area contributed by atoms with E-state index in [1.165, 1.54) is 0 Å². The van der Waals surface area contributed by atoms with Crippen molar-refractivity contribution in [2.45, 2.75) is 6.54 Å². The number of fused-ring (bicyclic) bond motifs is 7. The van der Waals surface area contributed by atoms with Crippen molar-refractivity contribution in [2.24, 2.45) is 0 Å². The molecule has 106 valence electrons. The Hall–Kier alpha value is -2.72. The molecule has 0 saturated carbocycles. The van der Waals surface area contributed by atoms with E-state index in [1.54, 1.807) is 0 Å². The predicted octanol–water partition coefficient (Wildman–Crippen LogP) is 3.38. The highest BCUT2D eigenvalue weighted by molar-refractivity contribution is 6.10. The van der Waals surface area contributed by atoms with E-state index in [1.807, 2.05) is 36.4 Å². The summed E-state index contributed by atoms with van der Waals surface area (Å²) in [6.45, 7) is 1.28. The maximum Gasteiger partial charge on any atom is 0.139 e. The first kappa shape index (κ1) is 11.9. The Morgan fingerprint density at radius 3 is 2.32 bits per heavy atom. The van der Waals surface area contributed by atoms with Crippen LogP contribution < -0.4 is 10.1 Å². The molecule has 22 heavy (non-hydrogen) atoms. The van der Waals surface area contributed by atoms with E-state index in [-0.39, 0.29) is 0 Å². The number of benzene rings is 3. The molecule has 5 rings (SSSR count). The molecule has 1 aromatic heterocycles. The molecule has 0 fully saturated rings. The second-order valence-electron chi connectivity index (χ2n) is 5.48. The van der Waals surface area contributed by atoms with Crippen LogP contribution >= 0.6 is 0 Å². The molecule has 0 amide bonds. The average Bonchev–Trinajstić information content (AvgIpc) is 2.61. The van der Waals surface area contributed by atoms with Gasteiger partial charge in [0.05, 0.1) is 22.1 Å². The Morgan fingerprint density at radius 2 is 1.50 bits per heavy atom. The molecule has 4 nitrogen and oxygen atoms in total. The van der Waals surface area contributed by atoms with Crippen LogP contribution in [0.5, 0.6) is 5.75 Å². The van der Waals surface area contributed by atoms with Crippen molar-refractivity contribution in [1.29, 1.82) is 0 Å². The van der Waals surface area contributed by atoms with Crippen molar-refractivity contribution >= 4 is 32.8 Å². The van der Waals surface area contributed by atoms with Gasteiger partial charge < -0.3 is 4.74 Å². The van der Waals surface area contributed by atoms with Gasteiger partial charge in [0.15, 0.2) is 0 Å². The van der Waals surface area contributed by atoms with Crippen molar-refractivity contribution in [3.05, 3.63) is 54.1 Å². The van der Waals surface area contributed by atoms with Crippen molar-refractivity contribution in [3.8, 4) is 5.75 Å². The minimum Gasteiger partial charge on any atom is -0.477 e. The molecule has 0 unspecified atom stereocenters. The van der Waals surface area contributed by atoms with E-state index >= 15 is 0 Å². The summed E-state index contributed by atoms with van der Waals surface area (Å²) in [7, 11) is 0. The molecule has 2 heterocycles. The van der Waals surface area contributed by atoms with Crippen LogP contribution in [0.1, 0.15) is 5.56 Å². The van der Waals surface area contributed by atoms with Gasteiger partial charge in [-0.3, -0.25) is 5.32 Å². The summed E-state index contributed by atoms with van der Waals surface area (Å²) < 4.78 is 5.88. The van der Waals surface area contributed by atoms with Crippen molar-refractivity contribution in [1.82, 2.24) is 15.3 Å². The second-order valence-corrected chi connectivity index (χ2v) is 5.48. The van der Waals surface area contributed by atoms with Gasteiger partial charge in [-0.05, 0) is 12.1 Å². The van der Waals surface area contributed by atoms with Crippen LogP contribution in [0, 0.1) is 0 Å². The lowest BCUT2D eigenvalue weighted by Crippen LogP contribution is -2.26. The van der Waals surface area contributed by atoms with Gasteiger partial charge in [-0.1, -0.05) is 36.4 Å². The summed E-state index contributed by atoms with van der Waals surface area (Å²) in [5.74, 6) is 0.937. The van der Waals surface area contributed by atoms with Gasteiger partial charge in [0.2, 0.25) is 0 Å². The molecule has 3 aromatic carbocycles. The van der Waals surface area contributed by atoms with Gasteiger partial charge in [-0.2, -0.15) is 0 Å². The van der Waals surface area contributed by atoms with Crippen molar-refractivity contribution in [2.75, 3.05) is 6.73 Å². The molecule has 0 spiro atoms. The minimum absolute atomic E-state index is 0.531. The first-order valence-corrected chi connectivity index (χ1v) is 7.35. The third-order valence-electron chi connectivity index (χ3n) is 4.18. The smallest absolute Gasteiger partial charge is 0.139 e. The lowest BCUT2D eigenvalue weighted by Gasteiger charge is -2.22. The number of hydrogen-bond donors (Lipinski definition) is 1. The zero-order chi connectivity index (χ0) is 14.5. The number of aromatic nitrogens is 2. The van der Waals surface area contributed by atoms with E-state index in [9.17, 15) is 0 Å². The monoisotopic (exact) mass is 287 g/mol. The molecule has 0 saturated heterocycles. The number of nitrogens with zero attached hydrogens (tertiary/aromatic N) is 2. The van der Waals surface area contributed by atoms with Crippen LogP contribution in [0.2, 0.25) is 0 Å². The van der Waals surface area contributed by atoms with Crippen LogP contribution in [-0.4, -0.2) is 16.7 Å². The Labute approximate surface area is 126 Å². The van der Waals surface area contributed by atoms with Gasteiger partial charge in [0.25, 0.3) is 0 Å². The molecule has 1 N–H and O–H groups in total. The summed E-state index contributed by atoms with van der Waals surface area (Å²) in [6.07, 6.45) is 0. The topological polar surface area (TPSA) is 47.0 Å². The Kier molecular flexibility index (Phi) is 2.37. The zero-order valence-electron chi connectivity index (χ0n) is 11.8. The van der Waals surface area contributed by atoms with Gasteiger partial charge >= 0.3 is 0 Å². The molecule has 1 aliphatic rings. The summed E-state index contributed by atoms with van der Waals surface area (Å²) in [5, 5.41) is 5.46. The average molecular weight is 287 g/mol.